The predicted molar refractivity (Wildman–Crippen MR) is 91.8 cm³/mol. The maximum absolute atomic E-state index is 12.5. The lowest BCUT2D eigenvalue weighted by atomic mass is 10.0. The molecule has 0 aromatic carbocycles. The van der Waals surface area contributed by atoms with E-state index in [1.54, 1.807) is 11.3 Å². The van der Waals surface area contributed by atoms with Crippen molar-refractivity contribution in [3.63, 3.8) is 0 Å². The molecule has 2 aromatic heterocycles. The van der Waals surface area contributed by atoms with Crippen molar-refractivity contribution < 1.29 is 9.59 Å². The van der Waals surface area contributed by atoms with Crippen molar-refractivity contribution in [1.29, 1.82) is 0 Å². The number of carbonyl (C=O) groups excluding carboxylic acids is 2. The van der Waals surface area contributed by atoms with Gasteiger partial charge in [-0.05, 0) is 52.6 Å². The van der Waals surface area contributed by atoms with Crippen molar-refractivity contribution in [3.8, 4) is 0 Å². The minimum Gasteiger partial charge on any atom is -0.348 e. The zero-order valence-electron chi connectivity index (χ0n) is 12.6. The highest BCUT2D eigenvalue weighted by Gasteiger charge is 2.46. The number of thiophene rings is 2. The van der Waals surface area contributed by atoms with E-state index in [2.05, 4.69) is 5.32 Å². The SMILES string of the molecule is O=C(NC1CC2CC1CN2C(=O)Cc1ccsc1)c1cccs1. The lowest BCUT2D eigenvalue weighted by molar-refractivity contribution is -0.132. The summed E-state index contributed by atoms with van der Waals surface area (Å²) in [5.41, 5.74) is 1.10. The largest absolute Gasteiger partial charge is 0.348 e. The fourth-order valence-electron chi connectivity index (χ4n) is 3.75. The summed E-state index contributed by atoms with van der Waals surface area (Å²) in [6.07, 6.45) is 2.40. The summed E-state index contributed by atoms with van der Waals surface area (Å²) in [5.74, 6) is 0.642. The Bertz CT molecular complexity index is 696. The molecule has 0 radical (unpaired) electrons. The first-order valence-corrected chi connectivity index (χ1v) is 9.68. The fourth-order valence-corrected chi connectivity index (χ4v) is 5.05. The van der Waals surface area contributed by atoms with Crippen LogP contribution in [0.15, 0.2) is 34.3 Å². The average Bonchev–Trinajstić information content (AvgIpc) is 3.31. The molecule has 120 valence electrons. The molecule has 1 aliphatic heterocycles. The molecule has 1 saturated carbocycles. The van der Waals surface area contributed by atoms with Crippen molar-refractivity contribution in [2.45, 2.75) is 31.3 Å². The predicted octanol–water partition coefficient (Wildman–Crippen LogP) is 2.77. The average molecular weight is 346 g/mol. The Morgan fingerprint density at radius 1 is 1.26 bits per heavy atom. The number of rotatable bonds is 4. The van der Waals surface area contributed by atoms with Crippen LogP contribution in [-0.2, 0) is 11.2 Å². The first-order valence-electron chi connectivity index (χ1n) is 7.85. The highest BCUT2D eigenvalue weighted by molar-refractivity contribution is 7.12. The molecule has 2 bridgehead atoms. The second kappa shape index (κ2) is 6.09. The molecule has 6 heteroatoms. The van der Waals surface area contributed by atoms with Crippen molar-refractivity contribution in [2.24, 2.45) is 5.92 Å². The van der Waals surface area contributed by atoms with Crippen molar-refractivity contribution in [3.05, 3.63) is 44.8 Å². The van der Waals surface area contributed by atoms with Gasteiger partial charge in [0.1, 0.15) is 0 Å². The molecule has 2 aliphatic rings. The number of hydrogen-bond acceptors (Lipinski definition) is 4. The number of nitrogens with one attached hydrogen (secondary N) is 1. The number of carbonyl (C=O) groups is 2. The molecule has 1 N–H and O–H groups in total. The number of piperidine rings is 1. The van der Waals surface area contributed by atoms with Crippen LogP contribution in [0.25, 0.3) is 0 Å². The number of fused-ring (bicyclic) bond motifs is 2. The zero-order chi connectivity index (χ0) is 15.8. The van der Waals surface area contributed by atoms with Crippen LogP contribution in [0.3, 0.4) is 0 Å². The minimum atomic E-state index is 0.0219. The van der Waals surface area contributed by atoms with Gasteiger partial charge in [-0.25, -0.2) is 0 Å². The monoisotopic (exact) mass is 346 g/mol. The number of likely N-dealkylation sites (tertiary alicyclic amines) is 1. The van der Waals surface area contributed by atoms with Gasteiger partial charge in [-0.3, -0.25) is 9.59 Å². The maximum Gasteiger partial charge on any atom is 0.261 e. The first-order chi connectivity index (χ1) is 11.2. The molecule has 4 rings (SSSR count). The number of amides is 2. The van der Waals surface area contributed by atoms with Crippen LogP contribution in [-0.4, -0.2) is 35.3 Å². The maximum atomic E-state index is 12.5. The van der Waals surface area contributed by atoms with E-state index in [0.29, 0.717) is 18.4 Å². The van der Waals surface area contributed by atoms with Crippen LogP contribution < -0.4 is 5.32 Å². The minimum absolute atomic E-state index is 0.0219. The van der Waals surface area contributed by atoms with E-state index in [1.807, 2.05) is 39.2 Å². The topological polar surface area (TPSA) is 49.4 Å². The molecule has 2 fully saturated rings. The lowest BCUT2D eigenvalue weighted by Gasteiger charge is -2.32. The van der Waals surface area contributed by atoms with Crippen molar-refractivity contribution in [2.75, 3.05) is 6.54 Å². The third-order valence-corrected chi connectivity index (χ3v) is 6.46. The van der Waals surface area contributed by atoms with Gasteiger partial charge in [-0.1, -0.05) is 6.07 Å². The van der Waals surface area contributed by atoms with Gasteiger partial charge < -0.3 is 10.2 Å². The molecule has 4 nitrogen and oxygen atoms in total. The van der Waals surface area contributed by atoms with Gasteiger partial charge in [0.25, 0.3) is 5.91 Å². The van der Waals surface area contributed by atoms with Crippen LogP contribution in [0, 0.1) is 5.92 Å². The smallest absolute Gasteiger partial charge is 0.261 e. The molecule has 3 heterocycles. The zero-order valence-corrected chi connectivity index (χ0v) is 14.2. The van der Waals surface area contributed by atoms with Crippen LogP contribution >= 0.6 is 22.7 Å². The summed E-state index contributed by atoms with van der Waals surface area (Å²) in [5, 5.41) is 9.12. The highest BCUT2D eigenvalue weighted by atomic mass is 32.1. The van der Waals surface area contributed by atoms with E-state index in [0.717, 1.165) is 29.8 Å². The van der Waals surface area contributed by atoms with Gasteiger partial charge in [-0.2, -0.15) is 11.3 Å². The van der Waals surface area contributed by atoms with Gasteiger partial charge in [0.05, 0.1) is 11.3 Å². The standard InChI is InChI=1S/C17H18N2O2S2/c20-16(6-11-3-5-22-10-11)19-9-12-7-13(19)8-14(12)18-17(21)15-2-1-4-23-15/h1-5,10,12-14H,6-9H2,(H,18,21). The normalized spacial score (nSPS) is 25.7. The van der Waals surface area contributed by atoms with E-state index in [1.165, 1.54) is 11.3 Å². The van der Waals surface area contributed by atoms with Crippen LogP contribution in [0.1, 0.15) is 28.1 Å². The second-order valence-corrected chi connectivity index (χ2v) is 8.02. The summed E-state index contributed by atoms with van der Waals surface area (Å²) < 4.78 is 0. The molecule has 3 unspecified atom stereocenters. The molecule has 23 heavy (non-hydrogen) atoms. The summed E-state index contributed by atoms with van der Waals surface area (Å²) in [4.78, 5) is 27.4. The van der Waals surface area contributed by atoms with Crippen molar-refractivity contribution >= 4 is 34.5 Å². The van der Waals surface area contributed by atoms with Crippen molar-refractivity contribution in [1.82, 2.24) is 10.2 Å². The third kappa shape index (κ3) is 2.93. The van der Waals surface area contributed by atoms with E-state index in [-0.39, 0.29) is 17.9 Å². The number of nitrogens with zero attached hydrogens (tertiary/aromatic N) is 1. The Hall–Kier alpha value is -1.66. The fraction of sp³-hybridized carbons (Fsp3) is 0.412. The molecule has 1 saturated heterocycles. The van der Waals surface area contributed by atoms with Crippen LogP contribution in [0.5, 0.6) is 0 Å². The molecule has 3 atom stereocenters. The van der Waals surface area contributed by atoms with Gasteiger partial charge in [-0.15, -0.1) is 11.3 Å². The summed E-state index contributed by atoms with van der Waals surface area (Å²) in [6.45, 7) is 0.781. The molecule has 2 amide bonds. The molecule has 1 aliphatic carbocycles. The lowest BCUT2D eigenvalue weighted by Crippen LogP contribution is -2.48. The van der Waals surface area contributed by atoms with Gasteiger partial charge >= 0.3 is 0 Å². The Morgan fingerprint density at radius 3 is 2.83 bits per heavy atom. The van der Waals surface area contributed by atoms with Crippen LogP contribution in [0.2, 0.25) is 0 Å². The van der Waals surface area contributed by atoms with Gasteiger partial charge in [0.2, 0.25) is 5.91 Å². The Balaban J connectivity index is 1.34. The van der Waals surface area contributed by atoms with Crippen LogP contribution in [0.4, 0.5) is 0 Å². The van der Waals surface area contributed by atoms with Gasteiger partial charge in [0.15, 0.2) is 0 Å². The van der Waals surface area contributed by atoms with E-state index in [9.17, 15) is 9.59 Å². The van der Waals surface area contributed by atoms with Gasteiger partial charge in [0, 0.05) is 18.6 Å². The Labute approximate surface area is 143 Å². The quantitative estimate of drug-likeness (QED) is 0.925. The summed E-state index contributed by atoms with van der Waals surface area (Å²) >= 11 is 3.09. The van der Waals surface area contributed by atoms with E-state index < -0.39 is 0 Å². The van der Waals surface area contributed by atoms with E-state index >= 15 is 0 Å². The first kappa shape index (κ1) is 14.9. The molecule has 0 spiro atoms. The molecular weight excluding hydrogens is 328 g/mol. The summed E-state index contributed by atoms with van der Waals surface area (Å²) in [6, 6.07) is 6.26. The Kier molecular flexibility index (Phi) is 3.95. The second-order valence-electron chi connectivity index (χ2n) is 6.30. The Morgan fingerprint density at radius 2 is 2.17 bits per heavy atom. The summed E-state index contributed by atoms with van der Waals surface area (Å²) in [7, 11) is 0. The highest BCUT2D eigenvalue weighted by Crippen LogP contribution is 2.38. The third-order valence-electron chi connectivity index (χ3n) is 4.86. The van der Waals surface area contributed by atoms with E-state index in [4.69, 9.17) is 0 Å². The molecule has 2 aromatic rings. The number of hydrogen-bond donors (Lipinski definition) is 1. The molecular formula is C17H18N2O2S2.